The quantitative estimate of drug-likeness (QED) is 0.601. The second kappa shape index (κ2) is 9.12. The van der Waals surface area contributed by atoms with Crippen LogP contribution in [0.5, 0.6) is 5.88 Å². The highest BCUT2D eigenvalue weighted by atomic mass is 16.5. The number of ether oxygens (including phenoxy) is 1. The van der Waals surface area contributed by atoms with Gasteiger partial charge in [-0.3, -0.25) is 9.79 Å². The fraction of sp³-hybridized carbons (Fsp3) is 0.400. The van der Waals surface area contributed by atoms with Crippen LogP contribution < -0.4 is 10.1 Å². The van der Waals surface area contributed by atoms with Gasteiger partial charge in [0, 0.05) is 24.5 Å². The van der Waals surface area contributed by atoms with Gasteiger partial charge in [-0.1, -0.05) is 25.3 Å². The molecule has 1 amide bonds. The average Bonchev–Trinajstić information content (AvgIpc) is 3.11. The molecule has 2 heterocycles. The van der Waals surface area contributed by atoms with E-state index in [2.05, 4.69) is 27.1 Å². The number of nitrogens with zero attached hydrogens (tertiary/aromatic N) is 4. The summed E-state index contributed by atoms with van der Waals surface area (Å²) < 4.78 is 7.32. The Labute approximate surface area is 158 Å². The predicted octanol–water partition coefficient (Wildman–Crippen LogP) is 3.33. The number of aliphatic imine (C=N–C) groups is 1. The minimum absolute atomic E-state index is 0.125. The minimum Gasteiger partial charge on any atom is -0.473 e. The molecule has 0 bridgehead atoms. The molecule has 3 rings (SSSR count). The Balaban J connectivity index is 1.69. The third-order valence-corrected chi connectivity index (χ3v) is 4.55. The van der Waals surface area contributed by atoms with E-state index in [9.17, 15) is 4.79 Å². The molecule has 142 valence electrons. The van der Waals surface area contributed by atoms with Crippen molar-refractivity contribution in [3.63, 3.8) is 0 Å². The SMILES string of the molecule is C=N/C=C\C=C(/C)COc1ccn2ncc(C(=O)NC3CCCCC3)c2n1. The number of carbonyl (C=O) groups excluding carboxylic acids is 1. The van der Waals surface area contributed by atoms with Gasteiger partial charge in [-0.05, 0) is 38.1 Å². The van der Waals surface area contributed by atoms with Crippen molar-refractivity contribution in [2.45, 2.75) is 45.1 Å². The van der Waals surface area contributed by atoms with Crippen molar-refractivity contribution in [1.29, 1.82) is 0 Å². The first-order chi connectivity index (χ1) is 13.2. The fourth-order valence-electron chi connectivity index (χ4n) is 3.11. The molecule has 2 aromatic heterocycles. The zero-order chi connectivity index (χ0) is 19.1. The summed E-state index contributed by atoms with van der Waals surface area (Å²) in [6.45, 7) is 5.73. The Morgan fingerprint density at radius 3 is 3.04 bits per heavy atom. The Kier molecular flexibility index (Phi) is 6.35. The molecule has 7 heteroatoms. The van der Waals surface area contributed by atoms with Crippen molar-refractivity contribution in [2.24, 2.45) is 4.99 Å². The first-order valence-electron chi connectivity index (χ1n) is 9.23. The van der Waals surface area contributed by atoms with Gasteiger partial charge >= 0.3 is 0 Å². The average molecular weight is 367 g/mol. The zero-order valence-corrected chi connectivity index (χ0v) is 15.6. The van der Waals surface area contributed by atoms with Crippen molar-refractivity contribution < 1.29 is 9.53 Å². The molecule has 2 aromatic rings. The van der Waals surface area contributed by atoms with E-state index in [4.69, 9.17) is 4.74 Å². The lowest BCUT2D eigenvalue weighted by molar-refractivity contribution is 0.0929. The first kappa shape index (κ1) is 18.8. The van der Waals surface area contributed by atoms with Gasteiger partial charge in [-0.2, -0.15) is 10.1 Å². The van der Waals surface area contributed by atoms with E-state index in [0.29, 0.717) is 23.7 Å². The molecule has 1 aliphatic rings. The third kappa shape index (κ3) is 5.03. The van der Waals surface area contributed by atoms with E-state index in [-0.39, 0.29) is 11.9 Å². The van der Waals surface area contributed by atoms with E-state index in [1.165, 1.54) is 19.3 Å². The molecule has 1 saturated carbocycles. The fourth-order valence-corrected chi connectivity index (χ4v) is 3.11. The largest absolute Gasteiger partial charge is 0.473 e. The number of nitrogens with one attached hydrogen (secondary N) is 1. The summed E-state index contributed by atoms with van der Waals surface area (Å²) in [4.78, 5) is 20.7. The van der Waals surface area contributed by atoms with E-state index in [1.54, 1.807) is 35.3 Å². The Bertz CT molecular complexity index is 862. The topological polar surface area (TPSA) is 80.9 Å². The molecule has 0 spiro atoms. The van der Waals surface area contributed by atoms with Crippen LogP contribution in [0.4, 0.5) is 0 Å². The molecule has 0 saturated heterocycles. The Morgan fingerprint density at radius 2 is 2.26 bits per heavy atom. The van der Waals surface area contributed by atoms with Crippen molar-refractivity contribution in [1.82, 2.24) is 19.9 Å². The minimum atomic E-state index is -0.125. The molecule has 1 aliphatic carbocycles. The monoisotopic (exact) mass is 367 g/mol. The first-order valence-corrected chi connectivity index (χ1v) is 9.23. The summed E-state index contributed by atoms with van der Waals surface area (Å²) in [5, 5.41) is 7.33. The van der Waals surface area contributed by atoms with Crippen LogP contribution in [0.1, 0.15) is 49.4 Å². The highest BCUT2D eigenvalue weighted by molar-refractivity contribution is 5.99. The van der Waals surface area contributed by atoms with E-state index in [0.717, 1.165) is 18.4 Å². The lowest BCUT2D eigenvalue weighted by atomic mass is 9.95. The summed E-state index contributed by atoms with van der Waals surface area (Å²) in [6, 6.07) is 1.98. The zero-order valence-electron chi connectivity index (χ0n) is 15.6. The van der Waals surface area contributed by atoms with Crippen LogP contribution in [-0.2, 0) is 0 Å². The van der Waals surface area contributed by atoms with E-state index >= 15 is 0 Å². The van der Waals surface area contributed by atoms with Gasteiger partial charge in [0.05, 0.1) is 6.20 Å². The summed E-state index contributed by atoms with van der Waals surface area (Å²) in [6.07, 6.45) is 14.3. The number of hydrogen-bond donors (Lipinski definition) is 1. The van der Waals surface area contributed by atoms with Gasteiger partial charge in [0.15, 0.2) is 5.65 Å². The summed E-state index contributed by atoms with van der Waals surface area (Å²) in [5.74, 6) is 0.327. The lowest BCUT2D eigenvalue weighted by Gasteiger charge is -2.22. The van der Waals surface area contributed by atoms with Crippen LogP contribution in [0.15, 0.2) is 47.4 Å². The molecule has 0 radical (unpaired) electrons. The van der Waals surface area contributed by atoms with Crippen LogP contribution in [0.2, 0.25) is 0 Å². The van der Waals surface area contributed by atoms with Crippen molar-refractivity contribution in [2.75, 3.05) is 6.61 Å². The highest BCUT2D eigenvalue weighted by Gasteiger charge is 2.20. The van der Waals surface area contributed by atoms with Crippen LogP contribution in [-0.4, -0.2) is 39.9 Å². The molecular weight excluding hydrogens is 342 g/mol. The van der Waals surface area contributed by atoms with Gasteiger partial charge in [-0.25, -0.2) is 4.52 Å². The number of carbonyl (C=O) groups is 1. The van der Waals surface area contributed by atoms with E-state index < -0.39 is 0 Å². The summed E-state index contributed by atoms with van der Waals surface area (Å²) in [5.41, 5.74) is 1.98. The molecule has 0 unspecified atom stereocenters. The molecule has 27 heavy (non-hydrogen) atoms. The van der Waals surface area contributed by atoms with Crippen molar-refractivity contribution in [3.8, 4) is 5.88 Å². The molecule has 7 nitrogen and oxygen atoms in total. The maximum absolute atomic E-state index is 12.6. The van der Waals surface area contributed by atoms with Crippen molar-refractivity contribution in [3.05, 3.63) is 47.9 Å². The second-order valence-corrected chi connectivity index (χ2v) is 6.73. The summed E-state index contributed by atoms with van der Waals surface area (Å²) in [7, 11) is 0. The van der Waals surface area contributed by atoms with Crippen LogP contribution in [0, 0.1) is 0 Å². The van der Waals surface area contributed by atoms with Crippen LogP contribution in [0.3, 0.4) is 0 Å². The van der Waals surface area contributed by atoms with Gasteiger partial charge in [0.2, 0.25) is 5.88 Å². The molecule has 1 N–H and O–H groups in total. The molecule has 0 aliphatic heterocycles. The number of amides is 1. The number of aromatic nitrogens is 3. The maximum Gasteiger partial charge on any atom is 0.256 e. The summed E-state index contributed by atoms with van der Waals surface area (Å²) >= 11 is 0. The van der Waals surface area contributed by atoms with Gasteiger partial charge in [0.25, 0.3) is 5.91 Å². The van der Waals surface area contributed by atoms with E-state index in [1.807, 2.05) is 13.0 Å². The van der Waals surface area contributed by atoms with Crippen LogP contribution in [0.25, 0.3) is 5.65 Å². The molecule has 0 aromatic carbocycles. The lowest BCUT2D eigenvalue weighted by Crippen LogP contribution is -2.36. The van der Waals surface area contributed by atoms with Gasteiger partial charge in [-0.15, -0.1) is 0 Å². The van der Waals surface area contributed by atoms with Crippen molar-refractivity contribution >= 4 is 18.3 Å². The number of hydrogen-bond acceptors (Lipinski definition) is 5. The Hall–Kier alpha value is -2.96. The van der Waals surface area contributed by atoms with Gasteiger partial charge < -0.3 is 10.1 Å². The standard InChI is InChI=1S/C20H25N5O2/c1-15(7-6-11-21-2)14-27-18-10-12-25-19(24-18)17(13-22-25)20(26)23-16-8-4-3-5-9-16/h6-7,10-13,16H,2-5,8-9,14H2,1H3,(H,23,26)/b11-6-,15-7+. The van der Waals surface area contributed by atoms with Gasteiger partial charge in [0.1, 0.15) is 12.2 Å². The smallest absolute Gasteiger partial charge is 0.256 e. The number of allylic oxidation sites excluding steroid dienone is 2. The normalized spacial score (nSPS) is 16.0. The Morgan fingerprint density at radius 1 is 1.44 bits per heavy atom. The molecule has 0 atom stereocenters. The number of fused-ring (bicyclic) bond motifs is 1. The highest BCUT2D eigenvalue weighted by Crippen LogP contribution is 2.19. The maximum atomic E-state index is 12.6. The van der Waals surface area contributed by atoms with Crippen LogP contribution >= 0.6 is 0 Å². The predicted molar refractivity (Wildman–Crippen MR) is 105 cm³/mol. The number of rotatable bonds is 7. The molecule has 1 fully saturated rings. The third-order valence-electron chi connectivity index (χ3n) is 4.55. The molecular formula is C20H25N5O2. The second-order valence-electron chi connectivity index (χ2n) is 6.73.